The number of nitrogens with zero attached hydrogens (tertiary/aromatic N) is 1. The monoisotopic (exact) mass is 259 g/mol. The zero-order valence-corrected chi connectivity index (χ0v) is 11.1. The third kappa shape index (κ3) is 4.43. The van der Waals surface area contributed by atoms with Crippen LogP contribution in [0.2, 0.25) is 0 Å². The van der Waals surface area contributed by atoms with Crippen molar-refractivity contribution < 1.29 is 9.59 Å². The van der Waals surface area contributed by atoms with E-state index in [9.17, 15) is 9.59 Å². The minimum absolute atomic E-state index is 0.167. The van der Waals surface area contributed by atoms with Crippen LogP contribution in [0.15, 0.2) is 18.2 Å². The predicted molar refractivity (Wildman–Crippen MR) is 71.2 cm³/mol. The van der Waals surface area contributed by atoms with Gasteiger partial charge < -0.3 is 11.1 Å². The van der Waals surface area contributed by atoms with Crippen LogP contribution in [0, 0.1) is 25.2 Å². The molecule has 0 saturated heterocycles. The molecule has 5 heteroatoms. The van der Waals surface area contributed by atoms with Crippen molar-refractivity contribution in [3.63, 3.8) is 0 Å². The maximum Gasteiger partial charge on any atom is 0.251 e. The molecule has 1 rings (SSSR count). The summed E-state index contributed by atoms with van der Waals surface area (Å²) in [6.07, 6.45) is 0.392. The molecular weight excluding hydrogens is 242 g/mol. The Kier molecular flexibility index (Phi) is 5.07. The fraction of sp³-hybridized carbons (Fsp3) is 0.357. The van der Waals surface area contributed by atoms with Crippen LogP contribution in [-0.4, -0.2) is 17.9 Å². The lowest BCUT2D eigenvalue weighted by Gasteiger charge is -2.14. The molecule has 0 heterocycles. The first kappa shape index (κ1) is 14.7. The lowest BCUT2D eigenvalue weighted by molar-refractivity contribution is -0.119. The number of carbonyl (C=O) groups excluding carboxylic acids is 2. The Morgan fingerprint density at radius 3 is 2.37 bits per heavy atom. The van der Waals surface area contributed by atoms with Gasteiger partial charge in [-0.3, -0.25) is 9.59 Å². The summed E-state index contributed by atoms with van der Waals surface area (Å²) in [5.74, 6) is -0.985. The molecule has 1 aromatic rings. The summed E-state index contributed by atoms with van der Waals surface area (Å²) in [4.78, 5) is 23.2. The van der Waals surface area contributed by atoms with E-state index in [4.69, 9.17) is 11.0 Å². The number of hydrogen-bond acceptors (Lipinski definition) is 3. The Labute approximate surface area is 112 Å². The second-order valence-corrected chi connectivity index (χ2v) is 4.50. The largest absolute Gasteiger partial charge is 0.368 e. The number of amides is 2. The number of carbonyl (C=O) groups is 2. The number of nitrogens with two attached hydrogens (primary N) is 1. The second kappa shape index (κ2) is 6.55. The van der Waals surface area contributed by atoms with E-state index in [2.05, 4.69) is 5.32 Å². The van der Waals surface area contributed by atoms with E-state index in [1.165, 1.54) is 0 Å². The van der Waals surface area contributed by atoms with Gasteiger partial charge in [-0.25, -0.2) is 0 Å². The van der Waals surface area contributed by atoms with E-state index >= 15 is 0 Å². The Morgan fingerprint density at radius 2 is 1.89 bits per heavy atom. The van der Waals surface area contributed by atoms with Crippen molar-refractivity contribution in [3.05, 3.63) is 34.9 Å². The summed E-state index contributed by atoms with van der Waals surface area (Å²) >= 11 is 0. The molecule has 1 aromatic carbocycles. The van der Waals surface area contributed by atoms with Crippen LogP contribution in [0.5, 0.6) is 0 Å². The Balaban J connectivity index is 2.82. The van der Waals surface area contributed by atoms with Gasteiger partial charge in [-0.15, -0.1) is 0 Å². The standard InChI is InChI=1S/C14H17N3O2/c1-9-6-10(2)8-11(7-9)14(19)17-12(13(16)18)4-3-5-15/h6-8,12H,3-4H2,1-2H3,(H2,16,18)(H,17,19)/t12-/m1/s1. The Morgan fingerprint density at radius 1 is 1.32 bits per heavy atom. The highest BCUT2D eigenvalue weighted by atomic mass is 16.2. The molecule has 1 atom stereocenters. The van der Waals surface area contributed by atoms with E-state index in [0.717, 1.165) is 11.1 Å². The van der Waals surface area contributed by atoms with Crippen molar-refractivity contribution in [3.8, 4) is 6.07 Å². The van der Waals surface area contributed by atoms with Crippen molar-refractivity contribution >= 4 is 11.8 Å². The van der Waals surface area contributed by atoms with E-state index in [-0.39, 0.29) is 18.7 Å². The summed E-state index contributed by atoms with van der Waals surface area (Å²) < 4.78 is 0. The Hall–Kier alpha value is -2.35. The first-order valence-corrected chi connectivity index (χ1v) is 5.99. The molecule has 0 radical (unpaired) electrons. The third-order valence-electron chi connectivity index (χ3n) is 2.68. The third-order valence-corrected chi connectivity index (χ3v) is 2.68. The zero-order valence-electron chi connectivity index (χ0n) is 11.1. The molecule has 3 N–H and O–H groups in total. The minimum atomic E-state index is -0.812. The van der Waals surface area contributed by atoms with E-state index in [0.29, 0.717) is 5.56 Å². The first-order chi connectivity index (χ1) is 8.93. The van der Waals surface area contributed by atoms with Gasteiger partial charge in [0, 0.05) is 12.0 Å². The van der Waals surface area contributed by atoms with Crippen LogP contribution in [0.1, 0.15) is 34.3 Å². The van der Waals surface area contributed by atoms with Crippen LogP contribution < -0.4 is 11.1 Å². The van der Waals surface area contributed by atoms with Gasteiger partial charge in [-0.05, 0) is 32.4 Å². The van der Waals surface area contributed by atoms with Gasteiger partial charge in [-0.2, -0.15) is 5.26 Å². The van der Waals surface area contributed by atoms with Crippen molar-refractivity contribution in [2.75, 3.05) is 0 Å². The molecule has 2 amide bonds. The minimum Gasteiger partial charge on any atom is -0.368 e. The van der Waals surface area contributed by atoms with Gasteiger partial charge in [0.25, 0.3) is 5.91 Å². The number of benzene rings is 1. The van der Waals surface area contributed by atoms with Crippen LogP contribution in [0.25, 0.3) is 0 Å². The fourth-order valence-electron chi connectivity index (χ4n) is 1.84. The average Bonchev–Trinajstić information content (AvgIpc) is 2.32. The molecule has 0 bridgehead atoms. The normalized spacial score (nSPS) is 11.4. The van der Waals surface area contributed by atoms with Crippen LogP contribution in [0.4, 0.5) is 0 Å². The first-order valence-electron chi connectivity index (χ1n) is 5.99. The van der Waals surface area contributed by atoms with Crippen LogP contribution >= 0.6 is 0 Å². The summed E-state index contributed by atoms with van der Waals surface area (Å²) in [6.45, 7) is 3.79. The lowest BCUT2D eigenvalue weighted by atomic mass is 10.1. The second-order valence-electron chi connectivity index (χ2n) is 4.50. The summed E-state index contributed by atoms with van der Waals surface area (Å²) in [6, 6.07) is 6.55. The fourth-order valence-corrected chi connectivity index (χ4v) is 1.84. The van der Waals surface area contributed by atoms with Crippen LogP contribution in [-0.2, 0) is 4.79 Å². The summed E-state index contributed by atoms with van der Waals surface area (Å²) in [5, 5.41) is 11.1. The highest BCUT2D eigenvalue weighted by Crippen LogP contribution is 2.09. The number of nitrogens with one attached hydrogen (secondary N) is 1. The van der Waals surface area contributed by atoms with Crippen LogP contribution in [0.3, 0.4) is 0 Å². The highest BCUT2D eigenvalue weighted by Gasteiger charge is 2.18. The van der Waals surface area contributed by atoms with Gasteiger partial charge in [-0.1, -0.05) is 17.2 Å². The van der Waals surface area contributed by atoms with E-state index in [1.807, 2.05) is 26.0 Å². The molecule has 0 aromatic heterocycles. The highest BCUT2D eigenvalue weighted by molar-refractivity contribution is 5.97. The SMILES string of the molecule is Cc1cc(C)cc(C(=O)N[C@H](CCC#N)C(N)=O)c1. The number of aryl methyl sites for hydroxylation is 2. The number of hydrogen-bond donors (Lipinski definition) is 2. The quantitative estimate of drug-likeness (QED) is 0.831. The molecule has 0 aliphatic carbocycles. The van der Waals surface area contributed by atoms with E-state index in [1.54, 1.807) is 12.1 Å². The van der Waals surface area contributed by atoms with Crippen molar-refractivity contribution in [1.82, 2.24) is 5.32 Å². The van der Waals surface area contributed by atoms with Crippen molar-refractivity contribution in [1.29, 1.82) is 5.26 Å². The van der Waals surface area contributed by atoms with E-state index < -0.39 is 11.9 Å². The maximum absolute atomic E-state index is 12.0. The topological polar surface area (TPSA) is 96.0 Å². The van der Waals surface area contributed by atoms with Crippen molar-refractivity contribution in [2.24, 2.45) is 5.73 Å². The molecule has 19 heavy (non-hydrogen) atoms. The van der Waals surface area contributed by atoms with Gasteiger partial charge in [0.05, 0.1) is 6.07 Å². The molecule has 0 aliphatic rings. The smallest absolute Gasteiger partial charge is 0.251 e. The molecule has 0 saturated carbocycles. The van der Waals surface area contributed by atoms with Gasteiger partial charge in [0.2, 0.25) is 5.91 Å². The number of primary amides is 1. The number of rotatable bonds is 5. The van der Waals surface area contributed by atoms with Gasteiger partial charge in [0.1, 0.15) is 6.04 Å². The number of nitriles is 1. The maximum atomic E-state index is 12.0. The molecule has 0 aliphatic heterocycles. The summed E-state index contributed by atoms with van der Waals surface area (Å²) in [7, 11) is 0. The summed E-state index contributed by atoms with van der Waals surface area (Å²) in [5.41, 5.74) is 7.63. The zero-order chi connectivity index (χ0) is 14.4. The molecule has 0 unspecified atom stereocenters. The van der Waals surface area contributed by atoms with Crippen molar-refractivity contribution in [2.45, 2.75) is 32.7 Å². The lowest BCUT2D eigenvalue weighted by Crippen LogP contribution is -2.44. The molecular formula is C14H17N3O2. The molecule has 5 nitrogen and oxygen atoms in total. The van der Waals surface area contributed by atoms with Gasteiger partial charge in [0.15, 0.2) is 0 Å². The van der Waals surface area contributed by atoms with Gasteiger partial charge >= 0.3 is 0 Å². The molecule has 100 valence electrons. The molecule has 0 spiro atoms. The molecule has 0 fully saturated rings. The average molecular weight is 259 g/mol. The predicted octanol–water partition coefficient (Wildman–Crippen LogP) is 1.19. The Bertz CT molecular complexity index is 512.